The van der Waals surface area contributed by atoms with Crippen LogP contribution in [0.5, 0.6) is 0 Å². The van der Waals surface area contributed by atoms with E-state index in [1.165, 1.54) is 5.56 Å². The van der Waals surface area contributed by atoms with Crippen LogP contribution >= 0.6 is 0 Å². The second kappa shape index (κ2) is 3.90. The standard InChI is InChI=1S/C13H12N4/c1-11-8-12(16-6-4-14-9-16)2-3-13(11)17-7-5-15-10-17/h2-10H,1H3. The Balaban J connectivity index is 2.06. The Bertz CT molecular complexity index is 609. The summed E-state index contributed by atoms with van der Waals surface area (Å²) in [6.45, 7) is 2.09. The van der Waals surface area contributed by atoms with Gasteiger partial charge in [-0.25, -0.2) is 9.97 Å². The fraction of sp³-hybridized carbons (Fsp3) is 0.0769. The van der Waals surface area contributed by atoms with E-state index in [1.54, 1.807) is 25.0 Å². The van der Waals surface area contributed by atoms with Crippen molar-refractivity contribution in [1.82, 2.24) is 19.1 Å². The number of nitrogens with zero attached hydrogens (tertiary/aromatic N) is 4. The van der Waals surface area contributed by atoms with Crippen molar-refractivity contribution in [2.45, 2.75) is 6.92 Å². The molecule has 0 saturated carbocycles. The maximum absolute atomic E-state index is 4.06. The Morgan fingerprint density at radius 2 is 1.65 bits per heavy atom. The molecular weight excluding hydrogens is 212 g/mol. The third-order valence-electron chi connectivity index (χ3n) is 2.77. The van der Waals surface area contributed by atoms with Gasteiger partial charge in [-0.05, 0) is 30.7 Å². The second-order valence-corrected chi connectivity index (χ2v) is 3.91. The summed E-state index contributed by atoms with van der Waals surface area (Å²) < 4.78 is 4.00. The van der Waals surface area contributed by atoms with E-state index in [0.29, 0.717) is 0 Å². The van der Waals surface area contributed by atoms with Crippen LogP contribution in [0.2, 0.25) is 0 Å². The fourth-order valence-corrected chi connectivity index (χ4v) is 1.90. The van der Waals surface area contributed by atoms with Crippen molar-refractivity contribution in [2.75, 3.05) is 0 Å². The molecule has 0 N–H and O–H groups in total. The largest absolute Gasteiger partial charge is 0.306 e. The molecule has 0 amide bonds. The molecule has 0 saturated heterocycles. The van der Waals surface area contributed by atoms with Gasteiger partial charge in [0.1, 0.15) is 0 Å². The highest BCUT2D eigenvalue weighted by atomic mass is 15.0. The van der Waals surface area contributed by atoms with E-state index in [1.807, 2.05) is 21.5 Å². The van der Waals surface area contributed by atoms with Crippen LogP contribution in [0.4, 0.5) is 0 Å². The lowest BCUT2D eigenvalue weighted by atomic mass is 10.1. The van der Waals surface area contributed by atoms with Gasteiger partial charge in [0, 0.05) is 36.2 Å². The molecule has 0 aliphatic rings. The third-order valence-corrected chi connectivity index (χ3v) is 2.77. The van der Waals surface area contributed by atoms with Crippen molar-refractivity contribution in [3.8, 4) is 11.4 Å². The third kappa shape index (κ3) is 1.73. The predicted octanol–water partition coefficient (Wildman–Crippen LogP) is 2.37. The summed E-state index contributed by atoms with van der Waals surface area (Å²) >= 11 is 0. The fourth-order valence-electron chi connectivity index (χ4n) is 1.90. The van der Waals surface area contributed by atoms with Crippen LogP contribution in [0, 0.1) is 6.92 Å². The molecule has 0 atom stereocenters. The second-order valence-electron chi connectivity index (χ2n) is 3.91. The minimum Gasteiger partial charge on any atom is -0.306 e. The summed E-state index contributed by atoms with van der Waals surface area (Å²) in [5.74, 6) is 0. The summed E-state index contributed by atoms with van der Waals surface area (Å²) in [5, 5.41) is 0. The SMILES string of the molecule is Cc1cc(-n2ccnc2)ccc1-n1ccnc1. The number of hydrogen-bond donors (Lipinski definition) is 0. The van der Waals surface area contributed by atoms with Gasteiger partial charge in [0.25, 0.3) is 0 Å². The predicted molar refractivity (Wildman–Crippen MR) is 65.4 cm³/mol. The zero-order chi connectivity index (χ0) is 11.7. The van der Waals surface area contributed by atoms with Crippen LogP contribution in [-0.4, -0.2) is 19.1 Å². The minimum atomic E-state index is 1.11. The first-order valence-corrected chi connectivity index (χ1v) is 5.42. The van der Waals surface area contributed by atoms with Crippen LogP contribution in [0.15, 0.2) is 55.6 Å². The zero-order valence-electron chi connectivity index (χ0n) is 9.49. The first kappa shape index (κ1) is 9.84. The van der Waals surface area contributed by atoms with Crippen molar-refractivity contribution < 1.29 is 0 Å². The molecule has 0 aliphatic heterocycles. The quantitative estimate of drug-likeness (QED) is 0.670. The van der Waals surface area contributed by atoms with Gasteiger partial charge in [-0.2, -0.15) is 0 Å². The molecule has 17 heavy (non-hydrogen) atoms. The van der Waals surface area contributed by atoms with Crippen LogP contribution in [-0.2, 0) is 0 Å². The average Bonchev–Trinajstić information content (AvgIpc) is 3.02. The van der Waals surface area contributed by atoms with E-state index < -0.39 is 0 Å². The summed E-state index contributed by atoms with van der Waals surface area (Å²) in [7, 11) is 0. The topological polar surface area (TPSA) is 35.6 Å². The van der Waals surface area contributed by atoms with Gasteiger partial charge in [-0.15, -0.1) is 0 Å². The smallest absolute Gasteiger partial charge is 0.0991 e. The van der Waals surface area contributed by atoms with Gasteiger partial charge in [0.2, 0.25) is 0 Å². The summed E-state index contributed by atoms with van der Waals surface area (Å²) in [4.78, 5) is 8.11. The molecule has 2 heterocycles. The summed E-state index contributed by atoms with van der Waals surface area (Å²) in [6.07, 6.45) is 11.0. The van der Waals surface area contributed by atoms with Gasteiger partial charge in [0.15, 0.2) is 0 Å². The maximum atomic E-state index is 4.06. The molecule has 0 fully saturated rings. The lowest BCUT2D eigenvalue weighted by Crippen LogP contribution is -1.97. The summed E-state index contributed by atoms with van der Waals surface area (Å²) in [6, 6.07) is 6.30. The molecule has 0 bridgehead atoms. The number of imidazole rings is 2. The minimum absolute atomic E-state index is 1.11. The lowest BCUT2D eigenvalue weighted by molar-refractivity contribution is 1.02. The van der Waals surface area contributed by atoms with Crippen molar-refractivity contribution >= 4 is 0 Å². The highest BCUT2D eigenvalue weighted by molar-refractivity contribution is 5.47. The Hall–Kier alpha value is -2.36. The van der Waals surface area contributed by atoms with E-state index >= 15 is 0 Å². The van der Waals surface area contributed by atoms with E-state index in [-0.39, 0.29) is 0 Å². The monoisotopic (exact) mass is 224 g/mol. The van der Waals surface area contributed by atoms with E-state index in [2.05, 4.69) is 35.1 Å². The van der Waals surface area contributed by atoms with E-state index in [4.69, 9.17) is 0 Å². The Morgan fingerprint density at radius 3 is 2.24 bits per heavy atom. The molecule has 4 nitrogen and oxygen atoms in total. The molecule has 4 heteroatoms. The number of aryl methyl sites for hydroxylation is 1. The van der Waals surface area contributed by atoms with Crippen molar-refractivity contribution in [1.29, 1.82) is 0 Å². The van der Waals surface area contributed by atoms with Crippen molar-refractivity contribution in [3.63, 3.8) is 0 Å². The first-order valence-electron chi connectivity index (χ1n) is 5.42. The molecule has 1 aromatic carbocycles. The number of aromatic nitrogens is 4. The Labute approximate surface area is 99.2 Å². The van der Waals surface area contributed by atoms with Gasteiger partial charge in [-0.1, -0.05) is 0 Å². The molecule has 0 unspecified atom stereocenters. The molecule has 3 aromatic rings. The molecule has 0 radical (unpaired) electrons. The van der Waals surface area contributed by atoms with Crippen LogP contribution < -0.4 is 0 Å². The van der Waals surface area contributed by atoms with Crippen LogP contribution in [0.25, 0.3) is 11.4 Å². The Morgan fingerprint density at radius 1 is 0.941 bits per heavy atom. The first-order chi connectivity index (χ1) is 8.34. The molecule has 2 aromatic heterocycles. The van der Waals surface area contributed by atoms with Gasteiger partial charge >= 0.3 is 0 Å². The van der Waals surface area contributed by atoms with Crippen molar-refractivity contribution in [3.05, 3.63) is 61.2 Å². The molecule has 84 valence electrons. The molecule has 0 aliphatic carbocycles. The zero-order valence-corrected chi connectivity index (χ0v) is 9.49. The normalized spacial score (nSPS) is 10.6. The maximum Gasteiger partial charge on any atom is 0.0991 e. The van der Waals surface area contributed by atoms with E-state index in [9.17, 15) is 0 Å². The molecule has 0 spiro atoms. The number of benzene rings is 1. The van der Waals surface area contributed by atoms with Gasteiger partial charge < -0.3 is 9.13 Å². The van der Waals surface area contributed by atoms with Gasteiger partial charge in [-0.3, -0.25) is 0 Å². The molecular formula is C13H12N4. The van der Waals surface area contributed by atoms with Crippen LogP contribution in [0.3, 0.4) is 0 Å². The van der Waals surface area contributed by atoms with Crippen LogP contribution in [0.1, 0.15) is 5.56 Å². The van der Waals surface area contributed by atoms with E-state index in [0.717, 1.165) is 11.4 Å². The molecule has 3 rings (SSSR count). The lowest BCUT2D eigenvalue weighted by Gasteiger charge is -2.09. The van der Waals surface area contributed by atoms with Gasteiger partial charge in [0.05, 0.1) is 12.7 Å². The van der Waals surface area contributed by atoms with Crippen molar-refractivity contribution in [2.24, 2.45) is 0 Å². The average molecular weight is 224 g/mol. The summed E-state index contributed by atoms with van der Waals surface area (Å²) in [5.41, 5.74) is 3.46. The highest BCUT2D eigenvalue weighted by Gasteiger charge is 2.02. The number of hydrogen-bond acceptors (Lipinski definition) is 2. The highest BCUT2D eigenvalue weighted by Crippen LogP contribution is 2.17. The Kier molecular flexibility index (Phi) is 2.26. The number of rotatable bonds is 2.